The Morgan fingerprint density at radius 2 is 2.10 bits per heavy atom. The highest BCUT2D eigenvalue weighted by atomic mass is 16.5. The Bertz CT molecular complexity index is 441. The van der Waals surface area contributed by atoms with Crippen LogP contribution in [0.15, 0.2) is 36.9 Å². The van der Waals surface area contributed by atoms with Crippen LogP contribution in [0.2, 0.25) is 0 Å². The van der Waals surface area contributed by atoms with Gasteiger partial charge in [0.1, 0.15) is 12.4 Å². The molecule has 1 aromatic carbocycles. The van der Waals surface area contributed by atoms with Gasteiger partial charge in [0.15, 0.2) is 0 Å². The Balaban J connectivity index is 2.51. The number of nitrogens with two attached hydrogens (primary N) is 1. The van der Waals surface area contributed by atoms with Crippen LogP contribution in [0, 0.1) is 0 Å². The van der Waals surface area contributed by atoms with Crippen molar-refractivity contribution in [3.63, 3.8) is 0 Å². The number of nitrogens with zero attached hydrogens (tertiary/aromatic N) is 1. The van der Waals surface area contributed by atoms with Gasteiger partial charge in [0.25, 0.3) is 0 Å². The van der Waals surface area contributed by atoms with E-state index in [0.29, 0.717) is 26.1 Å². The zero-order chi connectivity index (χ0) is 15.7. The lowest BCUT2D eigenvalue weighted by atomic mass is 10.2. The van der Waals surface area contributed by atoms with Gasteiger partial charge in [-0.3, -0.25) is 4.79 Å². The van der Waals surface area contributed by atoms with E-state index in [1.807, 2.05) is 24.3 Å². The van der Waals surface area contributed by atoms with E-state index < -0.39 is 0 Å². The molecule has 1 atom stereocenters. The van der Waals surface area contributed by atoms with Gasteiger partial charge >= 0.3 is 0 Å². The fourth-order valence-corrected chi connectivity index (χ4v) is 1.82. The van der Waals surface area contributed by atoms with Crippen LogP contribution in [0.3, 0.4) is 0 Å². The van der Waals surface area contributed by atoms with Crippen molar-refractivity contribution in [2.75, 3.05) is 27.3 Å². The van der Waals surface area contributed by atoms with Crippen LogP contribution in [-0.4, -0.2) is 44.2 Å². The topological polar surface area (TPSA) is 64.8 Å². The fraction of sp³-hybridized carbons (Fsp3) is 0.438. The van der Waals surface area contributed by atoms with E-state index in [1.54, 1.807) is 25.1 Å². The molecule has 2 N–H and O–H groups in total. The average molecular weight is 292 g/mol. The number of rotatable bonds is 9. The summed E-state index contributed by atoms with van der Waals surface area (Å²) in [6.45, 7) is 4.96. The first-order chi connectivity index (χ1) is 10.1. The standard InChI is InChI=1S/C16H24N2O3/c1-4-9-21-14-7-5-13(6-8-14)12-18(2)16(19)10-15(11-17)20-3/h4-8,15H,1,9-12,17H2,2-3H3. The summed E-state index contributed by atoms with van der Waals surface area (Å²) in [6.07, 6.45) is 1.77. The SMILES string of the molecule is C=CCOc1ccc(CN(C)C(=O)CC(CN)OC)cc1. The first-order valence-corrected chi connectivity index (χ1v) is 6.90. The van der Waals surface area contributed by atoms with Crippen molar-refractivity contribution in [2.45, 2.75) is 19.1 Å². The molecule has 0 spiro atoms. The van der Waals surface area contributed by atoms with E-state index in [2.05, 4.69) is 6.58 Å². The van der Waals surface area contributed by atoms with E-state index in [9.17, 15) is 4.79 Å². The lowest BCUT2D eigenvalue weighted by Gasteiger charge is -2.20. The monoisotopic (exact) mass is 292 g/mol. The van der Waals surface area contributed by atoms with Crippen LogP contribution >= 0.6 is 0 Å². The molecule has 0 bridgehead atoms. The third-order valence-corrected chi connectivity index (χ3v) is 3.14. The molecule has 0 radical (unpaired) electrons. The first-order valence-electron chi connectivity index (χ1n) is 6.90. The van der Waals surface area contributed by atoms with Gasteiger partial charge < -0.3 is 20.1 Å². The van der Waals surface area contributed by atoms with Crippen LogP contribution in [0.25, 0.3) is 0 Å². The average Bonchev–Trinajstić information content (AvgIpc) is 2.51. The molecule has 0 saturated heterocycles. The van der Waals surface area contributed by atoms with Gasteiger partial charge in [-0.05, 0) is 17.7 Å². The molecule has 1 unspecified atom stereocenters. The highest BCUT2D eigenvalue weighted by molar-refractivity contribution is 5.76. The first kappa shape index (κ1) is 17.2. The van der Waals surface area contributed by atoms with E-state index in [0.717, 1.165) is 11.3 Å². The Labute approximate surface area is 126 Å². The molecular weight excluding hydrogens is 268 g/mol. The molecular formula is C16H24N2O3. The maximum absolute atomic E-state index is 12.0. The van der Waals surface area contributed by atoms with E-state index >= 15 is 0 Å². The zero-order valence-electron chi connectivity index (χ0n) is 12.7. The van der Waals surface area contributed by atoms with Crippen molar-refractivity contribution in [3.05, 3.63) is 42.5 Å². The van der Waals surface area contributed by atoms with Gasteiger partial charge in [0, 0.05) is 27.2 Å². The third-order valence-electron chi connectivity index (χ3n) is 3.14. The summed E-state index contributed by atoms with van der Waals surface area (Å²) in [6, 6.07) is 7.65. The second-order valence-corrected chi connectivity index (χ2v) is 4.79. The number of carbonyl (C=O) groups is 1. The van der Waals surface area contributed by atoms with Gasteiger partial charge in [0.05, 0.1) is 12.5 Å². The van der Waals surface area contributed by atoms with Gasteiger partial charge in [-0.2, -0.15) is 0 Å². The minimum absolute atomic E-state index is 0.0132. The summed E-state index contributed by atoms with van der Waals surface area (Å²) in [4.78, 5) is 13.7. The van der Waals surface area contributed by atoms with Crippen molar-refractivity contribution in [2.24, 2.45) is 5.73 Å². The lowest BCUT2D eigenvalue weighted by molar-refractivity contribution is -0.132. The molecule has 0 fully saturated rings. The largest absolute Gasteiger partial charge is 0.490 e. The molecule has 0 saturated carbocycles. The van der Waals surface area contributed by atoms with Gasteiger partial charge in [-0.1, -0.05) is 24.8 Å². The van der Waals surface area contributed by atoms with E-state index in [4.69, 9.17) is 15.2 Å². The molecule has 0 aliphatic heterocycles. The number of carbonyl (C=O) groups excluding carboxylic acids is 1. The molecule has 1 aromatic rings. The molecule has 5 heteroatoms. The molecule has 0 aliphatic carbocycles. The van der Waals surface area contributed by atoms with Crippen LogP contribution < -0.4 is 10.5 Å². The highest BCUT2D eigenvalue weighted by Gasteiger charge is 2.15. The summed E-state index contributed by atoms with van der Waals surface area (Å²) in [5.41, 5.74) is 6.56. The predicted octanol–water partition coefficient (Wildman–Crippen LogP) is 1.57. The van der Waals surface area contributed by atoms with Crippen molar-refractivity contribution >= 4 is 5.91 Å². The minimum Gasteiger partial charge on any atom is -0.490 e. The molecule has 1 amide bonds. The van der Waals surface area contributed by atoms with Crippen LogP contribution in [0.1, 0.15) is 12.0 Å². The van der Waals surface area contributed by atoms with Crippen molar-refractivity contribution in [1.82, 2.24) is 4.90 Å². The van der Waals surface area contributed by atoms with Gasteiger partial charge in [-0.15, -0.1) is 0 Å². The van der Waals surface area contributed by atoms with Crippen LogP contribution in [0.5, 0.6) is 5.75 Å². The van der Waals surface area contributed by atoms with Crippen molar-refractivity contribution < 1.29 is 14.3 Å². The maximum Gasteiger partial charge on any atom is 0.225 e. The Morgan fingerprint density at radius 1 is 1.43 bits per heavy atom. The normalized spacial score (nSPS) is 11.8. The Morgan fingerprint density at radius 3 is 2.62 bits per heavy atom. The number of ether oxygens (including phenoxy) is 2. The summed E-state index contributed by atoms with van der Waals surface area (Å²) in [5, 5.41) is 0. The molecule has 0 heterocycles. The molecule has 21 heavy (non-hydrogen) atoms. The number of hydrogen-bond donors (Lipinski definition) is 1. The van der Waals surface area contributed by atoms with Gasteiger partial charge in [0.2, 0.25) is 5.91 Å². The molecule has 116 valence electrons. The number of benzene rings is 1. The van der Waals surface area contributed by atoms with Crippen LogP contribution in [-0.2, 0) is 16.1 Å². The quantitative estimate of drug-likeness (QED) is 0.702. The molecule has 0 aromatic heterocycles. The summed E-state index contributed by atoms with van der Waals surface area (Å²) in [7, 11) is 3.33. The molecule has 0 aliphatic rings. The second-order valence-electron chi connectivity index (χ2n) is 4.79. The highest BCUT2D eigenvalue weighted by Crippen LogP contribution is 2.14. The molecule has 5 nitrogen and oxygen atoms in total. The second kappa shape index (κ2) is 9.15. The minimum atomic E-state index is -0.227. The number of hydrogen-bond acceptors (Lipinski definition) is 4. The number of methoxy groups -OCH3 is 1. The summed E-state index contributed by atoms with van der Waals surface area (Å²) in [5.74, 6) is 0.800. The maximum atomic E-state index is 12.0. The van der Waals surface area contributed by atoms with E-state index in [-0.39, 0.29) is 12.0 Å². The van der Waals surface area contributed by atoms with Crippen molar-refractivity contribution in [3.8, 4) is 5.75 Å². The van der Waals surface area contributed by atoms with E-state index in [1.165, 1.54) is 0 Å². The third kappa shape index (κ3) is 5.97. The summed E-state index contributed by atoms with van der Waals surface area (Å²) < 4.78 is 10.5. The fourth-order valence-electron chi connectivity index (χ4n) is 1.82. The van der Waals surface area contributed by atoms with Crippen LogP contribution in [0.4, 0.5) is 0 Å². The predicted molar refractivity (Wildman–Crippen MR) is 83.1 cm³/mol. The Hall–Kier alpha value is -1.85. The van der Waals surface area contributed by atoms with Crippen molar-refractivity contribution in [1.29, 1.82) is 0 Å². The number of amides is 1. The molecule has 1 rings (SSSR count). The zero-order valence-corrected chi connectivity index (χ0v) is 12.7. The lowest BCUT2D eigenvalue weighted by Crippen LogP contribution is -2.33. The summed E-state index contributed by atoms with van der Waals surface area (Å²) >= 11 is 0. The van der Waals surface area contributed by atoms with Gasteiger partial charge in [-0.25, -0.2) is 0 Å². The smallest absolute Gasteiger partial charge is 0.225 e. The Kier molecular flexibility index (Phi) is 7.50.